The van der Waals surface area contributed by atoms with Crippen LogP contribution in [0.25, 0.3) is 0 Å². The molecule has 1 aliphatic heterocycles. The van der Waals surface area contributed by atoms with Crippen molar-refractivity contribution in [2.75, 3.05) is 13.2 Å². The van der Waals surface area contributed by atoms with E-state index in [9.17, 15) is 8.42 Å². The van der Waals surface area contributed by atoms with Gasteiger partial charge in [-0.2, -0.15) is 0 Å². The van der Waals surface area contributed by atoms with E-state index < -0.39 is 15.6 Å². The van der Waals surface area contributed by atoms with E-state index in [0.717, 1.165) is 12.0 Å². The molecular formula is C15H24N2O3S. The third-order valence-electron chi connectivity index (χ3n) is 4.01. The van der Waals surface area contributed by atoms with Crippen LogP contribution in [0.3, 0.4) is 0 Å². The van der Waals surface area contributed by atoms with Crippen molar-refractivity contribution in [3.05, 3.63) is 29.8 Å². The molecule has 0 saturated carbocycles. The van der Waals surface area contributed by atoms with Crippen molar-refractivity contribution in [1.82, 2.24) is 4.72 Å². The van der Waals surface area contributed by atoms with E-state index in [-0.39, 0.29) is 10.9 Å². The normalized spacial score (nSPS) is 20.1. The van der Waals surface area contributed by atoms with E-state index in [1.807, 2.05) is 19.9 Å². The van der Waals surface area contributed by atoms with Gasteiger partial charge < -0.3 is 10.5 Å². The van der Waals surface area contributed by atoms with Gasteiger partial charge in [-0.25, -0.2) is 13.1 Å². The summed E-state index contributed by atoms with van der Waals surface area (Å²) in [5.41, 5.74) is 6.39. The van der Waals surface area contributed by atoms with Crippen LogP contribution in [0.1, 0.15) is 44.7 Å². The van der Waals surface area contributed by atoms with E-state index in [1.54, 1.807) is 18.2 Å². The van der Waals surface area contributed by atoms with Gasteiger partial charge in [-0.3, -0.25) is 0 Å². The van der Waals surface area contributed by atoms with Crippen LogP contribution < -0.4 is 10.5 Å². The highest BCUT2D eigenvalue weighted by molar-refractivity contribution is 7.89. The van der Waals surface area contributed by atoms with Crippen LogP contribution >= 0.6 is 0 Å². The minimum absolute atomic E-state index is 0.140. The Kier molecular flexibility index (Phi) is 5.03. The Bertz CT molecular complexity index is 580. The largest absolute Gasteiger partial charge is 0.381 e. The van der Waals surface area contributed by atoms with E-state index in [2.05, 4.69) is 4.72 Å². The number of sulfonamides is 1. The van der Waals surface area contributed by atoms with Gasteiger partial charge in [-0.1, -0.05) is 19.1 Å². The second-order valence-electron chi connectivity index (χ2n) is 5.87. The standard InChI is InChI=1S/C15H24N2O3S/c1-3-14(16)12-5-4-6-13(11-12)21(18,19)17-15(2)7-9-20-10-8-15/h4-6,11,14,17H,3,7-10,16H2,1-2H3. The number of hydrogen-bond donors (Lipinski definition) is 2. The van der Waals surface area contributed by atoms with Crippen molar-refractivity contribution in [1.29, 1.82) is 0 Å². The average molecular weight is 312 g/mol. The lowest BCUT2D eigenvalue weighted by atomic mass is 9.94. The summed E-state index contributed by atoms with van der Waals surface area (Å²) in [6, 6.07) is 6.74. The number of rotatable bonds is 5. The van der Waals surface area contributed by atoms with Gasteiger partial charge in [0.15, 0.2) is 0 Å². The summed E-state index contributed by atoms with van der Waals surface area (Å²) in [5.74, 6) is 0. The molecule has 1 aliphatic rings. The maximum Gasteiger partial charge on any atom is 0.241 e. The predicted molar refractivity (Wildman–Crippen MR) is 82.4 cm³/mol. The van der Waals surface area contributed by atoms with Gasteiger partial charge in [0.2, 0.25) is 10.0 Å². The summed E-state index contributed by atoms with van der Waals surface area (Å²) >= 11 is 0. The SMILES string of the molecule is CCC(N)c1cccc(S(=O)(=O)NC2(C)CCOCC2)c1. The van der Waals surface area contributed by atoms with Crippen molar-refractivity contribution in [2.24, 2.45) is 5.73 Å². The van der Waals surface area contributed by atoms with E-state index >= 15 is 0 Å². The average Bonchev–Trinajstić information content (AvgIpc) is 2.46. The second kappa shape index (κ2) is 6.44. The number of hydrogen-bond acceptors (Lipinski definition) is 4. The molecule has 0 aliphatic carbocycles. The first-order chi connectivity index (χ1) is 9.86. The fourth-order valence-electron chi connectivity index (χ4n) is 2.46. The molecule has 0 radical (unpaired) electrons. The first kappa shape index (κ1) is 16.4. The zero-order valence-electron chi connectivity index (χ0n) is 12.6. The molecule has 0 amide bonds. The third kappa shape index (κ3) is 4.03. The van der Waals surface area contributed by atoms with Crippen LogP contribution in [0, 0.1) is 0 Å². The lowest BCUT2D eigenvalue weighted by Gasteiger charge is -2.34. The number of ether oxygens (including phenoxy) is 1. The van der Waals surface area contributed by atoms with E-state index in [1.165, 1.54) is 0 Å². The molecule has 3 N–H and O–H groups in total. The van der Waals surface area contributed by atoms with E-state index in [4.69, 9.17) is 10.5 Å². The maximum atomic E-state index is 12.6. The Morgan fingerprint density at radius 1 is 1.38 bits per heavy atom. The van der Waals surface area contributed by atoms with Crippen molar-refractivity contribution >= 4 is 10.0 Å². The number of benzene rings is 1. The fourth-order valence-corrected chi connectivity index (χ4v) is 3.98. The minimum Gasteiger partial charge on any atom is -0.381 e. The van der Waals surface area contributed by atoms with Gasteiger partial charge in [-0.15, -0.1) is 0 Å². The van der Waals surface area contributed by atoms with Gasteiger partial charge >= 0.3 is 0 Å². The summed E-state index contributed by atoms with van der Waals surface area (Å²) in [6.45, 7) is 5.07. The molecule has 1 aromatic carbocycles. The summed E-state index contributed by atoms with van der Waals surface area (Å²) in [6.07, 6.45) is 2.13. The molecule has 6 heteroatoms. The van der Waals surface area contributed by atoms with Gasteiger partial charge in [0.25, 0.3) is 0 Å². The molecule has 1 unspecified atom stereocenters. The second-order valence-corrected chi connectivity index (χ2v) is 7.55. The molecule has 1 heterocycles. The third-order valence-corrected chi connectivity index (χ3v) is 5.65. The highest BCUT2D eigenvalue weighted by Crippen LogP contribution is 2.24. The molecule has 5 nitrogen and oxygen atoms in total. The summed E-state index contributed by atoms with van der Waals surface area (Å²) in [7, 11) is -3.54. The Labute approximate surface area is 126 Å². The molecular weight excluding hydrogens is 288 g/mol. The Morgan fingerprint density at radius 2 is 2.05 bits per heavy atom. The van der Waals surface area contributed by atoms with Gasteiger partial charge in [0, 0.05) is 24.8 Å². The van der Waals surface area contributed by atoms with Crippen molar-refractivity contribution in [3.8, 4) is 0 Å². The van der Waals surface area contributed by atoms with Crippen molar-refractivity contribution in [2.45, 2.75) is 49.6 Å². The smallest absolute Gasteiger partial charge is 0.241 e. The molecule has 21 heavy (non-hydrogen) atoms. The molecule has 1 saturated heterocycles. The molecule has 0 spiro atoms. The first-order valence-electron chi connectivity index (χ1n) is 7.33. The Morgan fingerprint density at radius 3 is 2.67 bits per heavy atom. The van der Waals surface area contributed by atoms with Gasteiger partial charge in [-0.05, 0) is 43.9 Å². The monoisotopic (exact) mass is 312 g/mol. The Hall–Kier alpha value is -0.950. The molecule has 1 aromatic rings. The maximum absolute atomic E-state index is 12.6. The zero-order chi connectivity index (χ0) is 15.5. The highest BCUT2D eigenvalue weighted by Gasteiger charge is 2.32. The predicted octanol–water partition coefficient (Wildman–Crippen LogP) is 1.94. The molecule has 0 aromatic heterocycles. The van der Waals surface area contributed by atoms with Crippen LogP contribution in [-0.2, 0) is 14.8 Å². The zero-order valence-corrected chi connectivity index (χ0v) is 13.4. The van der Waals surface area contributed by atoms with E-state index in [0.29, 0.717) is 26.1 Å². The fraction of sp³-hybridized carbons (Fsp3) is 0.600. The van der Waals surface area contributed by atoms with Gasteiger partial charge in [0.05, 0.1) is 4.90 Å². The lowest BCUT2D eigenvalue weighted by Crippen LogP contribution is -2.49. The van der Waals surface area contributed by atoms with Gasteiger partial charge in [0.1, 0.15) is 0 Å². The minimum atomic E-state index is -3.54. The Balaban J connectivity index is 2.23. The van der Waals surface area contributed by atoms with Crippen molar-refractivity contribution in [3.63, 3.8) is 0 Å². The molecule has 2 rings (SSSR count). The van der Waals surface area contributed by atoms with Crippen LogP contribution in [0.5, 0.6) is 0 Å². The van der Waals surface area contributed by atoms with Crippen LogP contribution in [0.4, 0.5) is 0 Å². The quantitative estimate of drug-likeness (QED) is 0.870. The topological polar surface area (TPSA) is 81.4 Å². The highest BCUT2D eigenvalue weighted by atomic mass is 32.2. The molecule has 1 fully saturated rings. The number of nitrogens with one attached hydrogen (secondary N) is 1. The first-order valence-corrected chi connectivity index (χ1v) is 8.82. The van der Waals surface area contributed by atoms with Crippen molar-refractivity contribution < 1.29 is 13.2 Å². The summed E-state index contributed by atoms with van der Waals surface area (Å²) in [4.78, 5) is 0.275. The van der Waals surface area contributed by atoms with Crippen LogP contribution in [0.2, 0.25) is 0 Å². The molecule has 1 atom stereocenters. The summed E-state index contributed by atoms with van der Waals surface area (Å²) < 4.78 is 33.3. The van der Waals surface area contributed by atoms with Crippen LogP contribution in [0.15, 0.2) is 29.2 Å². The van der Waals surface area contributed by atoms with Crippen LogP contribution in [-0.4, -0.2) is 27.2 Å². The number of nitrogens with two attached hydrogens (primary N) is 1. The molecule has 0 bridgehead atoms. The molecule has 118 valence electrons. The summed E-state index contributed by atoms with van der Waals surface area (Å²) in [5, 5.41) is 0. The lowest BCUT2D eigenvalue weighted by molar-refractivity contribution is 0.0537.